The van der Waals surface area contributed by atoms with E-state index in [1.807, 2.05) is 23.6 Å². The summed E-state index contributed by atoms with van der Waals surface area (Å²) in [5, 5.41) is 7.90. The molecule has 0 aliphatic carbocycles. The Morgan fingerprint density at radius 2 is 1.75 bits per heavy atom. The third-order valence-corrected chi connectivity index (χ3v) is 5.46. The highest BCUT2D eigenvalue weighted by molar-refractivity contribution is 7.14. The Hall–Kier alpha value is -4.24. The second kappa shape index (κ2) is 8.48. The highest BCUT2D eigenvalue weighted by Crippen LogP contribution is 2.36. The molecule has 8 nitrogen and oxygen atoms in total. The van der Waals surface area contributed by atoms with Crippen molar-refractivity contribution < 1.29 is 19.1 Å². The van der Waals surface area contributed by atoms with Crippen LogP contribution in [0.4, 0.5) is 10.8 Å². The van der Waals surface area contributed by atoms with Crippen LogP contribution in [0.25, 0.3) is 11.3 Å². The van der Waals surface area contributed by atoms with Gasteiger partial charge in [-0.05, 0) is 48.5 Å². The molecule has 0 bridgehead atoms. The summed E-state index contributed by atoms with van der Waals surface area (Å²) in [6, 6.07) is 15.6. The van der Waals surface area contributed by atoms with Gasteiger partial charge in [0.25, 0.3) is 11.8 Å². The molecule has 9 heteroatoms. The number of benzene rings is 2. The number of carbonyl (C=O) groups excluding carboxylic acids is 2. The molecule has 5 rings (SSSR count). The van der Waals surface area contributed by atoms with Crippen LogP contribution in [-0.4, -0.2) is 28.6 Å². The van der Waals surface area contributed by atoms with Gasteiger partial charge < -0.3 is 14.8 Å². The van der Waals surface area contributed by atoms with Gasteiger partial charge in [-0.1, -0.05) is 6.07 Å². The monoisotopic (exact) mass is 444 g/mol. The number of fused-ring (bicyclic) bond motifs is 1. The third-order valence-electron chi connectivity index (χ3n) is 4.70. The highest BCUT2D eigenvalue weighted by atomic mass is 32.1. The van der Waals surface area contributed by atoms with Crippen LogP contribution in [0.1, 0.15) is 20.7 Å². The number of ether oxygens (including phenoxy) is 2. The molecule has 2 aromatic heterocycles. The number of carbonyl (C=O) groups is 2. The van der Waals surface area contributed by atoms with Gasteiger partial charge in [-0.2, -0.15) is 0 Å². The van der Waals surface area contributed by atoms with E-state index in [-0.39, 0.29) is 18.6 Å². The topological polar surface area (TPSA) is 102 Å². The van der Waals surface area contributed by atoms with Crippen LogP contribution in [-0.2, 0) is 0 Å². The lowest BCUT2D eigenvalue weighted by Gasteiger charge is -2.07. The van der Waals surface area contributed by atoms with E-state index in [0.29, 0.717) is 33.4 Å². The van der Waals surface area contributed by atoms with Crippen LogP contribution >= 0.6 is 11.3 Å². The average Bonchev–Trinajstić information content (AvgIpc) is 3.49. The van der Waals surface area contributed by atoms with Gasteiger partial charge in [-0.25, -0.2) is 4.98 Å². The zero-order valence-corrected chi connectivity index (χ0v) is 17.4. The van der Waals surface area contributed by atoms with Crippen LogP contribution in [0, 0.1) is 0 Å². The zero-order valence-electron chi connectivity index (χ0n) is 16.6. The van der Waals surface area contributed by atoms with Gasteiger partial charge >= 0.3 is 0 Å². The van der Waals surface area contributed by atoms with E-state index in [1.54, 1.807) is 42.6 Å². The second-order valence-corrected chi connectivity index (χ2v) is 7.69. The first kappa shape index (κ1) is 19.7. The fourth-order valence-corrected chi connectivity index (χ4v) is 3.84. The number of pyridine rings is 1. The molecule has 2 N–H and O–H groups in total. The SMILES string of the molecule is O=C(Nc1cccc(C(=O)Nc2nc(-c3ccc4c(c3)OCO4)cs2)c1)c1cccnc1. The van der Waals surface area contributed by atoms with Crippen LogP contribution in [0.3, 0.4) is 0 Å². The van der Waals surface area contributed by atoms with Crippen LogP contribution < -0.4 is 20.1 Å². The summed E-state index contributed by atoms with van der Waals surface area (Å²) in [6.07, 6.45) is 3.07. The van der Waals surface area contributed by atoms with Gasteiger partial charge in [0.2, 0.25) is 6.79 Å². The Morgan fingerprint density at radius 1 is 0.906 bits per heavy atom. The first-order valence-corrected chi connectivity index (χ1v) is 10.5. The maximum atomic E-state index is 12.7. The van der Waals surface area contributed by atoms with Crippen molar-refractivity contribution in [1.82, 2.24) is 9.97 Å². The van der Waals surface area contributed by atoms with Crippen molar-refractivity contribution in [2.45, 2.75) is 0 Å². The molecule has 3 heterocycles. The number of anilines is 2. The number of thiazole rings is 1. The van der Waals surface area contributed by atoms with Gasteiger partial charge in [0.1, 0.15) is 0 Å². The number of hydrogen-bond acceptors (Lipinski definition) is 7. The Morgan fingerprint density at radius 3 is 2.62 bits per heavy atom. The van der Waals surface area contributed by atoms with Gasteiger partial charge in [0.05, 0.1) is 11.3 Å². The van der Waals surface area contributed by atoms with Crippen molar-refractivity contribution in [2.75, 3.05) is 17.4 Å². The molecule has 2 aromatic carbocycles. The third kappa shape index (κ3) is 4.14. The van der Waals surface area contributed by atoms with E-state index >= 15 is 0 Å². The summed E-state index contributed by atoms with van der Waals surface area (Å²) in [4.78, 5) is 33.5. The molecule has 4 aromatic rings. The summed E-state index contributed by atoms with van der Waals surface area (Å²) in [5.41, 5.74) is 2.92. The first-order chi connectivity index (χ1) is 15.7. The van der Waals surface area contributed by atoms with E-state index in [0.717, 1.165) is 11.3 Å². The minimum atomic E-state index is -0.325. The van der Waals surface area contributed by atoms with Crippen molar-refractivity contribution in [2.24, 2.45) is 0 Å². The van der Waals surface area contributed by atoms with E-state index in [9.17, 15) is 9.59 Å². The van der Waals surface area contributed by atoms with Gasteiger partial charge in [0, 0.05) is 34.6 Å². The summed E-state index contributed by atoms with van der Waals surface area (Å²) in [6.45, 7) is 0.207. The van der Waals surface area contributed by atoms with Crippen molar-refractivity contribution in [3.05, 3.63) is 83.5 Å². The summed E-state index contributed by atoms with van der Waals surface area (Å²) in [5.74, 6) is 0.747. The molecule has 0 spiro atoms. The number of nitrogens with zero attached hydrogens (tertiary/aromatic N) is 2. The molecular formula is C23H16N4O4S. The number of nitrogens with one attached hydrogen (secondary N) is 2. The maximum Gasteiger partial charge on any atom is 0.257 e. The van der Waals surface area contributed by atoms with Crippen molar-refractivity contribution in [1.29, 1.82) is 0 Å². The Balaban J connectivity index is 1.27. The number of rotatable bonds is 5. The minimum absolute atomic E-state index is 0.207. The largest absolute Gasteiger partial charge is 0.454 e. The average molecular weight is 444 g/mol. The number of aromatic nitrogens is 2. The molecule has 0 saturated heterocycles. The molecule has 0 saturated carbocycles. The summed E-state index contributed by atoms with van der Waals surface area (Å²) >= 11 is 1.32. The van der Waals surface area contributed by atoms with Crippen molar-refractivity contribution >= 4 is 34.0 Å². The fraction of sp³-hybridized carbons (Fsp3) is 0.0435. The second-order valence-electron chi connectivity index (χ2n) is 6.84. The Labute approximate surface area is 186 Å². The van der Waals surface area contributed by atoms with Crippen LogP contribution in [0.2, 0.25) is 0 Å². The Bertz CT molecular complexity index is 1310. The fourth-order valence-electron chi connectivity index (χ4n) is 3.13. The van der Waals surface area contributed by atoms with Gasteiger partial charge in [-0.3, -0.25) is 19.9 Å². The molecule has 2 amide bonds. The van der Waals surface area contributed by atoms with Crippen LogP contribution in [0.15, 0.2) is 72.4 Å². The lowest BCUT2D eigenvalue weighted by molar-refractivity contribution is 0.101. The normalized spacial score (nSPS) is 11.8. The van der Waals surface area contributed by atoms with E-state index in [2.05, 4.69) is 20.6 Å². The maximum absolute atomic E-state index is 12.7. The first-order valence-electron chi connectivity index (χ1n) is 9.64. The van der Waals surface area contributed by atoms with Gasteiger partial charge in [0.15, 0.2) is 16.6 Å². The van der Waals surface area contributed by atoms with E-state index < -0.39 is 0 Å². The molecule has 1 aliphatic heterocycles. The van der Waals surface area contributed by atoms with E-state index in [1.165, 1.54) is 17.5 Å². The summed E-state index contributed by atoms with van der Waals surface area (Å²) < 4.78 is 10.7. The zero-order chi connectivity index (χ0) is 21.9. The molecule has 1 aliphatic rings. The van der Waals surface area contributed by atoms with Crippen LogP contribution in [0.5, 0.6) is 11.5 Å². The minimum Gasteiger partial charge on any atom is -0.454 e. The predicted molar refractivity (Wildman–Crippen MR) is 120 cm³/mol. The predicted octanol–water partition coefficient (Wildman–Crippen LogP) is 4.44. The van der Waals surface area contributed by atoms with Gasteiger partial charge in [-0.15, -0.1) is 11.3 Å². The Kier molecular flexibility index (Phi) is 5.22. The summed E-state index contributed by atoms with van der Waals surface area (Å²) in [7, 11) is 0. The number of hydrogen-bond donors (Lipinski definition) is 2. The molecule has 0 fully saturated rings. The highest BCUT2D eigenvalue weighted by Gasteiger charge is 2.16. The lowest BCUT2D eigenvalue weighted by atomic mass is 10.1. The molecule has 0 radical (unpaired) electrons. The van der Waals surface area contributed by atoms with E-state index in [4.69, 9.17) is 9.47 Å². The van der Waals surface area contributed by atoms with Crippen molar-refractivity contribution in [3.8, 4) is 22.8 Å². The quantitative estimate of drug-likeness (QED) is 0.472. The smallest absolute Gasteiger partial charge is 0.257 e. The standard InChI is InChI=1S/C23H16N4O4S/c28-21(15-3-1-5-17(9-15)25-22(29)16-4-2-8-24-11-16)27-23-26-18(12-32-23)14-6-7-19-20(10-14)31-13-30-19/h1-12H,13H2,(H,25,29)(H,26,27,28). The lowest BCUT2D eigenvalue weighted by Crippen LogP contribution is -2.14. The number of amides is 2. The molecule has 0 atom stereocenters. The molecule has 158 valence electrons. The molecule has 0 unspecified atom stereocenters. The molecular weight excluding hydrogens is 428 g/mol. The molecule has 32 heavy (non-hydrogen) atoms. The van der Waals surface area contributed by atoms with Crippen molar-refractivity contribution in [3.63, 3.8) is 0 Å².